The van der Waals surface area contributed by atoms with Gasteiger partial charge in [0.15, 0.2) is 0 Å². The molecule has 1 aliphatic rings. The lowest BCUT2D eigenvalue weighted by atomic mass is 10.1. The lowest BCUT2D eigenvalue weighted by molar-refractivity contribution is 0.110. The highest BCUT2D eigenvalue weighted by molar-refractivity contribution is 6.08. The van der Waals surface area contributed by atoms with Crippen LogP contribution in [0.2, 0.25) is 0 Å². The molecular weight excluding hydrogens is 284 g/mol. The zero-order valence-electron chi connectivity index (χ0n) is 13.7. The van der Waals surface area contributed by atoms with Crippen molar-refractivity contribution < 1.29 is 4.74 Å². The molecule has 23 heavy (non-hydrogen) atoms. The normalized spacial score (nSPS) is 18.2. The van der Waals surface area contributed by atoms with Crippen molar-refractivity contribution in [3.8, 4) is 0 Å². The Hall–Kier alpha value is -1.84. The van der Waals surface area contributed by atoms with E-state index in [0.717, 1.165) is 26.2 Å². The third kappa shape index (κ3) is 2.75. The maximum atomic E-state index is 5.67. The summed E-state index contributed by atoms with van der Waals surface area (Å²) in [6.45, 7) is 5.99. The van der Waals surface area contributed by atoms with Gasteiger partial charge >= 0.3 is 0 Å². The molecule has 1 aromatic heterocycles. The minimum absolute atomic E-state index is 0.403. The molecule has 0 aliphatic carbocycles. The van der Waals surface area contributed by atoms with E-state index in [9.17, 15) is 0 Å². The largest absolute Gasteiger partial charge is 0.377 e. The molecule has 1 aliphatic heterocycles. The minimum Gasteiger partial charge on any atom is -0.377 e. The van der Waals surface area contributed by atoms with E-state index in [1.807, 2.05) is 0 Å². The molecule has 3 aromatic rings. The van der Waals surface area contributed by atoms with Crippen molar-refractivity contribution >= 4 is 21.8 Å². The maximum absolute atomic E-state index is 5.67. The van der Waals surface area contributed by atoms with Gasteiger partial charge in [-0.05, 0) is 43.5 Å². The quantitative estimate of drug-likeness (QED) is 0.768. The van der Waals surface area contributed by atoms with E-state index in [2.05, 4.69) is 59.3 Å². The molecule has 1 atom stereocenters. The average Bonchev–Trinajstić information content (AvgIpc) is 3.20. The zero-order valence-corrected chi connectivity index (χ0v) is 13.7. The van der Waals surface area contributed by atoms with Crippen molar-refractivity contribution in [2.24, 2.45) is 0 Å². The molecule has 120 valence electrons. The Balaban J connectivity index is 1.60. The second-order valence-electron chi connectivity index (χ2n) is 6.38. The molecule has 4 rings (SSSR count). The highest BCUT2D eigenvalue weighted by Crippen LogP contribution is 2.29. The van der Waals surface area contributed by atoms with Gasteiger partial charge in [0.2, 0.25) is 0 Å². The molecule has 0 unspecified atom stereocenters. The molecule has 2 heterocycles. The second-order valence-corrected chi connectivity index (χ2v) is 6.38. The van der Waals surface area contributed by atoms with E-state index in [1.54, 1.807) is 0 Å². The number of aryl methyl sites for hydroxylation is 1. The van der Waals surface area contributed by atoms with Crippen LogP contribution in [0.4, 0.5) is 0 Å². The topological polar surface area (TPSA) is 26.2 Å². The molecule has 1 fully saturated rings. The Labute approximate surface area is 137 Å². The van der Waals surface area contributed by atoms with E-state index >= 15 is 0 Å². The predicted octanol–water partition coefficient (Wildman–Crippen LogP) is 4.08. The summed E-state index contributed by atoms with van der Waals surface area (Å²) in [5.74, 6) is 0. The van der Waals surface area contributed by atoms with Crippen LogP contribution in [0.15, 0.2) is 42.5 Å². The third-order valence-electron chi connectivity index (χ3n) is 4.88. The number of nitrogens with one attached hydrogen (secondary N) is 1. The summed E-state index contributed by atoms with van der Waals surface area (Å²) in [4.78, 5) is 0. The molecule has 0 radical (unpaired) electrons. The number of ether oxygens (including phenoxy) is 1. The second kappa shape index (κ2) is 6.34. The maximum Gasteiger partial charge on any atom is 0.0700 e. The molecule has 3 heteroatoms. The molecule has 3 nitrogen and oxygen atoms in total. The van der Waals surface area contributed by atoms with Crippen LogP contribution >= 0.6 is 0 Å². The summed E-state index contributed by atoms with van der Waals surface area (Å²) < 4.78 is 8.07. The van der Waals surface area contributed by atoms with E-state index < -0.39 is 0 Å². The first-order valence-corrected chi connectivity index (χ1v) is 8.69. The Morgan fingerprint density at radius 1 is 1.13 bits per heavy atom. The molecule has 0 saturated carbocycles. The summed E-state index contributed by atoms with van der Waals surface area (Å²) in [5.41, 5.74) is 4.00. The molecule has 1 N–H and O–H groups in total. The van der Waals surface area contributed by atoms with E-state index in [4.69, 9.17) is 4.74 Å². The fourth-order valence-corrected chi connectivity index (χ4v) is 3.73. The Kier molecular flexibility index (Phi) is 4.06. The number of para-hydroxylation sites is 1. The highest BCUT2D eigenvalue weighted by Gasteiger charge is 2.14. The third-order valence-corrected chi connectivity index (χ3v) is 4.88. The number of hydrogen-bond donors (Lipinski definition) is 1. The van der Waals surface area contributed by atoms with Crippen LogP contribution in [0.1, 0.15) is 25.3 Å². The van der Waals surface area contributed by atoms with Gasteiger partial charge in [-0.2, -0.15) is 0 Å². The van der Waals surface area contributed by atoms with Crippen molar-refractivity contribution in [2.45, 2.75) is 39.0 Å². The first kappa shape index (κ1) is 14.7. The number of nitrogens with zero attached hydrogens (tertiary/aromatic N) is 1. The van der Waals surface area contributed by atoms with Gasteiger partial charge in [0.25, 0.3) is 0 Å². The minimum atomic E-state index is 0.403. The van der Waals surface area contributed by atoms with E-state index in [1.165, 1.54) is 40.2 Å². The van der Waals surface area contributed by atoms with Crippen LogP contribution in [-0.2, 0) is 17.8 Å². The molecule has 2 aromatic carbocycles. The lowest BCUT2D eigenvalue weighted by Crippen LogP contribution is -2.25. The first-order valence-electron chi connectivity index (χ1n) is 8.69. The fourth-order valence-electron chi connectivity index (χ4n) is 3.73. The van der Waals surface area contributed by atoms with Gasteiger partial charge in [0.05, 0.1) is 6.10 Å². The van der Waals surface area contributed by atoms with E-state index in [0.29, 0.717) is 6.10 Å². The summed E-state index contributed by atoms with van der Waals surface area (Å²) in [6.07, 6.45) is 2.80. The molecule has 0 spiro atoms. The molecule has 1 saturated heterocycles. The Morgan fingerprint density at radius 3 is 2.83 bits per heavy atom. The van der Waals surface area contributed by atoms with Gasteiger partial charge in [0.1, 0.15) is 0 Å². The number of fused-ring (bicyclic) bond motifs is 3. The van der Waals surface area contributed by atoms with Crippen LogP contribution in [-0.4, -0.2) is 23.8 Å². The van der Waals surface area contributed by atoms with Crippen molar-refractivity contribution in [2.75, 3.05) is 13.2 Å². The Morgan fingerprint density at radius 2 is 2.00 bits per heavy atom. The number of rotatable bonds is 5. The van der Waals surface area contributed by atoms with Crippen LogP contribution < -0.4 is 5.32 Å². The summed E-state index contributed by atoms with van der Waals surface area (Å²) in [6, 6.07) is 15.5. The van der Waals surface area contributed by atoms with Crippen LogP contribution in [0.5, 0.6) is 0 Å². The van der Waals surface area contributed by atoms with Crippen molar-refractivity contribution in [1.29, 1.82) is 0 Å². The monoisotopic (exact) mass is 308 g/mol. The number of aromatic nitrogens is 1. The molecule has 0 amide bonds. The summed E-state index contributed by atoms with van der Waals surface area (Å²) in [7, 11) is 0. The lowest BCUT2D eigenvalue weighted by Gasteiger charge is -2.11. The Bertz CT molecular complexity index is 815. The SMILES string of the molecule is CCn1c2ccccc2c2cc(CNC[C@@H]3CCCO3)ccc21. The van der Waals surface area contributed by atoms with Crippen molar-refractivity contribution in [1.82, 2.24) is 9.88 Å². The summed E-state index contributed by atoms with van der Waals surface area (Å²) >= 11 is 0. The van der Waals surface area contributed by atoms with Crippen molar-refractivity contribution in [3.63, 3.8) is 0 Å². The first-order chi connectivity index (χ1) is 11.4. The van der Waals surface area contributed by atoms with Gasteiger partial charge in [0, 0.05) is 48.0 Å². The summed E-state index contributed by atoms with van der Waals surface area (Å²) in [5, 5.41) is 6.26. The van der Waals surface area contributed by atoms with Gasteiger partial charge in [-0.3, -0.25) is 0 Å². The highest BCUT2D eigenvalue weighted by atomic mass is 16.5. The smallest absolute Gasteiger partial charge is 0.0700 e. The van der Waals surface area contributed by atoms with Gasteiger partial charge in [-0.15, -0.1) is 0 Å². The average molecular weight is 308 g/mol. The number of hydrogen-bond acceptors (Lipinski definition) is 2. The van der Waals surface area contributed by atoms with Crippen LogP contribution in [0.25, 0.3) is 21.8 Å². The van der Waals surface area contributed by atoms with Gasteiger partial charge in [-0.1, -0.05) is 24.3 Å². The van der Waals surface area contributed by atoms with Crippen molar-refractivity contribution in [3.05, 3.63) is 48.0 Å². The van der Waals surface area contributed by atoms with Gasteiger partial charge in [-0.25, -0.2) is 0 Å². The van der Waals surface area contributed by atoms with Gasteiger partial charge < -0.3 is 14.6 Å². The van der Waals surface area contributed by atoms with E-state index in [-0.39, 0.29) is 0 Å². The fraction of sp³-hybridized carbons (Fsp3) is 0.400. The van der Waals surface area contributed by atoms with Crippen LogP contribution in [0, 0.1) is 0 Å². The standard InChI is InChI=1S/C20H24N2O/c1-2-22-19-8-4-3-7-17(19)18-12-15(9-10-20(18)22)13-21-14-16-6-5-11-23-16/h3-4,7-10,12,16,21H,2,5-6,11,13-14H2,1H3/t16-/m0/s1. The predicted molar refractivity (Wildman–Crippen MR) is 95.8 cm³/mol. The number of benzene rings is 2. The zero-order chi connectivity index (χ0) is 15.6. The van der Waals surface area contributed by atoms with Crippen LogP contribution in [0.3, 0.4) is 0 Å². The molecule has 0 bridgehead atoms. The molecular formula is C20H24N2O.